The number of aromatic amines is 1. The molecule has 1 aliphatic rings. The lowest BCUT2D eigenvalue weighted by Gasteiger charge is -2.31. The van der Waals surface area contributed by atoms with Crippen molar-refractivity contribution in [3.8, 4) is 22.7 Å². The third-order valence-electron chi connectivity index (χ3n) is 6.14. The van der Waals surface area contributed by atoms with Gasteiger partial charge in [0.15, 0.2) is 17.5 Å². The molecule has 3 heterocycles. The summed E-state index contributed by atoms with van der Waals surface area (Å²) in [5, 5.41) is 7.47. The van der Waals surface area contributed by atoms with Crippen molar-refractivity contribution in [2.75, 3.05) is 13.1 Å². The average Bonchev–Trinajstić information content (AvgIpc) is 3.54. The van der Waals surface area contributed by atoms with E-state index in [9.17, 15) is 4.79 Å². The molecule has 2 aromatic carbocycles. The Kier molecular flexibility index (Phi) is 6.02. The van der Waals surface area contributed by atoms with Crippen molar-refractivity contribution in [3.63, 3.8) is 0 Å². The lowest BCUT2D eigenvalue weighted by atomic mass is 9.97. The molecule has 0 aliphatic carbocycles. The highest BCUT2D eigenvalue weighted by Crippen LogP contribution is 2.27. The summed E-state index contributed by atoms with van der Waals surface area (Å²) in [6.07, 6.45) is 4.55. The molecule has 5 rings (SSSR count). The maximum Gasteiger partial charge on any atom is 0.223 e. The lowest BCUT2D eigenvalue weighted by Crippen LogP contribution is -2.39. The highest BCUT2D eigenvalue weighted by molar-refractivity contribution is 5.76. The molecule has 1 aliphatic heterocycles. The van der Waals surface area contributed by atoms with E-state index in [1.54, 1.807) is 6.20 Å². The summed E-state index contributed by atoms with van der Waals surface area (Å²) in [5.41, 5.74) is 3.18. The number of H-pyrrole nitrogens is 1. The Labute approximate surface area is 192 Å². The first kappa shape index (κ1) is 21.1. The van der Waals surface area contributed by atoms with E-state index in [0.717, 1.165) is 42.1 Å². The first-order valence-electron chi connectivity index (χ1n) is 11.4. The van der Waals surface area contributed by atoms with Crippen LogP contribution in [0, 0.1) is 6.92 Å². The Morgan fingerprint density at radius 2 is 1.94 bits per heavy atom. The van der Waals surface area contributed by atoms with Gasteiger partial charge in [-0.05, 0) is 19.8 Å². The van der Waals surface area contributed by atoms with Gasteiger partial charge in [-0.3, -0.25) is 9.89 Å². The van der Waals surface area contributed by atoms with Gasteiger partial charge in [0, 0.05) is 43.0 Å². The van der Waals surface area contributed by atoms with Gasteiger partial charge in [-0.25, -0.2) is 9.97 Å². The standard InChI is InChI=1S/C26H27N5O2/c1-18-9-11-19(12-10-18)22-16-27-23(33-22)13-14-24(32)31-15-5-8-21(17-31)26-28-25(29-30-26)20-6-3-2-4-7-20/h2-4,6-7,9-12,16,21H,5,8,13-15,17H2,1H3,(H,28,29,30)/t21-/m1/s1. The van der Waals surface area contributed by atoms with Gasteiger partial charge >= 0.3 is 0 Å². The Hall–Kier alpha value is -3.74. The molecule has 0 saturated carbocycles. The molecule has 33 heavy (non-hydrogen) atoms. The Balaban J connectivity index is 1.18. The van der Waals surface area contributed by atoms with E-state index in [1.165, 1.54) is 5.56 Å². The van der Waals surface area contributed by atoms with Crippen molar-refractivity contribution in [2.24, 2.45) is 0 Å². The van der Waals surface area contributed by atoms with E-state index in [0.29, 0.717) is 31.1 Å². The van der Waals surface area contributed by atoms with Crippen LogP contribution in [-0.4, -0.2) is 44.1 Å². The Bertz CT molecular complexity index is 1210. The fourth-order valence-corrected chi connectivity index (χ4v) is 4.25. The summed E-state index contributed by atoms with van der Waals surface area (Å²) in [6.45, 7) is 3.48. The molecular weight excluding hydrogens is 414 g/mol. The highest BCUT2D eigenvalue weighted by atomic mass is 16.4. The monoisotopic (exact) mass is 441 g/mol. The van der Waals surface area contributed by atoms with Gasteiger partial charge in [0.05, 0.1) is 6.20 Å². The van der Waals surface area contributed by atoms with Crippen LogP contribution in [0.4, 0.5) is 0 Å². The molecule has 0 bridgehead atoms. The van der Waals surface area contributed by atoms with Gasteiger partial charge in [-0.2, -0.15) is 5.10 Å². The van der Waals surface area contributed by atoms with Crippen LogP contribution in [0.2, 0.25) is 0 Å². The van der Waals surface area contributed by atoms with Crippen LogP contribution in [0.3, 0.4) is 0 Å². The molecule has 1 amide bonds. The first-order chi connectivity index (χ1) is 16.2. The topological polar surface area (TPSA) is 87.9 Å². The number of oxazole rings is 1. The van der Waals surface area contributed by atoms with Crippen molar-refractivity contribution in [2.45, 2.75) is 38.5 Å². The number of likely N-dealkylation sites (tertiary alicyclic amines) is 1. The summed E-state index contributed by atoms with van der Waals surface area (Å²) in [7, 11) is 0. The fraction of sp³-hybridized carbons (Fsp3) is 0.308. The van der Waals surface area contributed by atoms with Crippen LogP contribution in [0.5, 0.6) is 0 Å². The highest BCUT2D eigenvalue weighted by Gasteiger charge is 2.27. The molecule has 1 atom stereocenters. The van der Waals surface area contributed by atoms with Crippen molar-refractivity contribution in [1.82, 2.24) is 25.1 Å². The van der Waals surface area contributed by atoms with Crippen LogP contribution < -0.4 is 0 Å². The molecule has 4 aromatic rings. The van der Waals surface area contributed by atoms with Crippen molar-refractivity contribution >= 4 is 5.91 Å². The Morgan fingerprint density at radius 1 is 1.12 bits per heavy atom. The van der Waals surface area contributed by atoms with E-state index in [2.05, 4.69) is 22.1 Å². The number of carbonyl (C=O) groups excluding carboxylic acids is 1. The lowest BCUT2D eigenvalue weighted by molar-refractivity contribution is -0.132. The summed E-state index contributed by atoms with van der Waals surface area (Å²) in [5.74, 6) is 3.16. The minimum absolute atomic E-state index is 0.123. The first-order valence-corrected chi connectivity index (χ1v) is 11.4. The summed E-state index contributed by atoms with van der Waals surface area (Å²) in [6, 6.07) is 18.1. The molecule has 0 spiro atoms. The minimum Gasteiger partial charge on any atom is -0.441 e. The molecule has 1 saturated heterocycles. The summed E-state index contributed by atoms with van der Waals surface area (Å²) < 4.78 is 5.88. The molecule has 7 nitrogen and oxygen atoms in total. The van der Waals surface area contributed by atoms with Crippen LogP contribution in [0.1, 0.15) is 42.5 Å². The molecule has 7 heteroatoms. The predicted octanol–water partition coefficient (Wildman–Crippen LogP) is 4.77. The number of piperidine rings is 1. The van der Waals surface area contributed by atoms with Crippen LogP contribution in [-0.2, 0) is 11.2 Å². The predicted molar refractivity (Wildman–Crippen MR) is 125 cm³/mol. The van der Waals surface area contributed by atoms with Gasteiger partial charge in [0.25, 0.3) is 0 Å². The van der Waals surface area contributed by atoms with Gasteiger partial charge in [-0.1, -0.05) is 60.2 Å². The van der Waals surface area contributed by atoms with E-state index >= 15 is 0 Å². The maximum absolute atomic E-state index is 12.9. The average molecular weight is 442 g/mol. The SMILES string of the molecule is Cc1ccc(-c2cnc(CCC(=O)N3CCC[C@@H](c4nc(-c5ccccc5)n[nH]4)C3)o2)cc1. The van der Waals surface area contributed by atoms with Gasteiger partial charge < -0.3 is 9.32 Å². The number of rotatable bonds is 6. The number of amides is 1. The number of hydrogen-bond acceptors (Lipinski definition) is 5. The second-order valence-corrected chi connectivity index (χ2v) is 8.57. The molecular formula is C26H27N5O2. The molecule has 2 aromatic heterocycles. The summed E-state index contributed by atoms with van der Waals surface area (Å²) in [4.78, 5) is 23.9. The molecule has 0 unspecified atom stereocenters. The largest absolute Gasteiger partial charge is 0.441 e. The van der Waals surface area contributed by atoms with Crippen molar-refractivity contribution in [3.05, 3.63) is 78.1 Å². The van der Waals surface area contributed by atoms with Crippen LogP contribution in [0.25, 0.3) is 22.7 Å². The smallest absolute Gasteiger partial charge is 0.223 e. The molecule has 1 N–H and O–H groups in total. The quantitative estimate of drug-likeness (QED) is 0.465. The number of nitrogens with one attached hydrogen (secondary N) is 1. The second kappa shape index (κ2) is 9.40. The normalized spacial score (nSPS) is 16.2. The van der Waals surface area contributed by atoms with Gasteiger partial charge in [0.2, 0.25) is 5.91 Å². The van der Waals surface area contributed by atoms with E-state index in [-0.39, 0.29) is 11.8 Å². The Morgan fingerprint density at radius 3 is 2.76 bits per heavy atom. The maximum atomic E-state index is 12.9. The molecule has 1 fully saturated rings. The molecule has 168 valence electrons. The second-order valence-electron chi connectivity index (χ2n) is 8.57. The number of benzene rings is 2. The fourth-order valence-electron chi connectivity index (χ4n) is 4.25. The number of hydrogen-bond donors (Lipinski definition) is 1. The number of aromatic nitrogens is 4. The number of nitrogens with zero attached hydrogens (tertiary/aromatic N) is 4. The number of carbonyl (C=O) groups is 1. The third-order valence-corrected chi connectivity index (χ3v) is 6.14. The van der Waals surface area contributed by atoms with Crippen molar-refractivity contribution in [1.29, 1.82) is 0 Å². The molecule has 0 radical (unpaired) electrons. The minimum atomic E-state index is 0.123. The van der Waals surface area contributed by atoms with Gasteiger partial charge in [-0.15, -0.1) is 0 Å². The van der Waals surface area contributed by atoms with E-state index in [4.69, 9.17) is 9.40 Å². The van der Waals surface area contributed by atoms with Gasteiger partial charge in [0.1, 0.15) is 5.82 Å². The third kappa shape index (κ3) is 4.87. The van der Waals surface area contributed by atoms with Crippen molar-refractivity contribution < 1.29 is 9.21 Å². The van der Waals surface area contributed by atoms with E-state index < -0.39 is 0 Å². The zero-order valence-corrected chi connectivity index (χ0v) is 18.7. The van der Waals surface area contributed by atoms with Crippen LogP contribution in [0.15, 0.2) is 65.2 Å². The zero-order valence-electron chi connectivity index (χ0n) is 18.7. The van der Waals surface area contributed by atoms with Crippen LogP contribution >= 0.6 is 0 Å². The summed E-state index contributed by atoms with van der Waals surface area (Å²) >= 11 is 0. The zero-order chi connectivity index (χ0) is 22.6. The van der Waals surface area contributed by atoms with E-state index in [1.807, 2.05) is 59.5 Å². The number of aryl methyl sites for hydroxylation is 2.